The van der Waals surface area contributed by atoms with Crippen LogP contribution in [0.3, 0.4) is 0 Å². The third-order valence-corrected chi connectivity index (χ3v) is 3.34. The van der Waals surface area contributed by atoms with Crippen molar-refractivity contribution < 1.29 is 4.92 Å². The standard InChI is InChI=1S/C18H12NO2/c20-19(21)16-12-10-15(11-13-16)18-9-5-4-8-17(18)14-6-2-1-3-7-14/h1-4,6-13H. The molecule has 21 heavy (non-hydrogen) atoms. The Kier molecular flexibility index (Phi) is 3.48. The van der Waals surface area contributed by atoms with Gasteiger partial charge in [-0.05, 0) is 46.5 Å². The molecule has 3 rings (SSSR count). The van der Waals surface area contributed by atoms with Crippen LogP contribution in [0.15, 0.2) is 72.8 Å². The van der Waals surface area contributed by atoms with Gasteiger partial charge in [0.05, 0.1) is 4.92 Å². The minimum absolute atomic E-state index is 0.0971. The van der Waals surface area contributed by atoms with Crippen LogP contribution in [0.1, 0.15) is 0 Å². The van der Waals surface area contributed by atoms with Gasteiger partial charge in [-0.3, -0.25) is 10.1 Å². The van der Waals surface area contributed by atoms with Crippen LogP contribution in [0.25, 0.3) is 22.3 Å². The van der Waals surface area contributed by atoms with E-state index in [0.717, 1.165) is 22.3 Å². The van der Waals surface area contributed by atoms with Crippen molar-refractivity contribution in [1.82, 2.24) is 0 Å². The zero-order valence-corrected chi connectivity index (χ0v) is 11.2. The summed E-state index contributed by atoms with van der Waals surface area (Å²) in [6.07, 6.45) is 0. The average Bonchev–Trinajstić information content (AvgIpc) is 2.56. The van der Waals surface area contributed by atoms with Gasteiger partial charge in [0.25, 0.3) is 5.69 Å². The van der Waals surface area contributed by atoms with E-state index in [1.807, 2.05) is 48.5 Å². The summed E-state index contributed by atoms with van der Waals surface area (Å²) in [6.45, 7) is 0. The van der Waals surface area contributed by atoms with Crippen LogP contribution in [0.5, 0.6) is 0 Å². The van der Waals surface area contributed by atoms with E-state index in [4.69, 9.17) is 0 Å². The third kappa shape index (κ3) is 2.67. The first-order valence-corrected chi connectivity index (χ1v) is 6.56. The number of non-ortho nitro benzene ring substituents is 1. The minimum Gasteiger partial charge on any atom is -0.258 e. The summed E-state index contributed by atoms with van der Waals surface area (Å²) in [5.74, 6) is 0. The van der Waals surface area contributed by atoms with Gasteiger partial charge in [-0.25, -0.2) is 0 Å². The molecule has 3 nitrogen and oxygen atoms in total. The lowest BCUT2D eigenvalue weighted by Crippen LogP contribution is -1.88. The lowest BCUT2D eigenvalue weighted by Gasteiger charge is -2.09. The molecule has 0 heterocycles. The molecule has 3 aromatic carbocycles. The van der Waals surface area contributed by atoms with Gasteiger partial charge in [0, 0.05) is 12.1 Å². The molecular formula is C18H12NO2. The average molecular weight is 274 g/mol. The highest BCUT2D eigenvalue weighted by Gasteiger charge is 2.09. The highest BCUT2D eigenvalue weighted by Crippen LogP contribution is 2.32. The second-order valence-corrected chi connectivity index (χ2v) is 4.64. The van der Waals surface area contributed by atoms with E-state index in [1.54, 1.807) is 12.1 Å². The molecule has 0 aliphatic carbocycles. The summed E-state index contributed by atoms with van der Waals surface area (Å²) in [4.78, 5) is 10.3. The minimum atomic E-state index is -0.390. The normalized spacial score (nSPS) is 10.3. The van der Waals surface area contributed by atoms with Crippen molar-refractivity contribution in [2.24, 2.45) is 0 Å². The van der Waals surface area contributed by atoms with Crippen LogP contribution in [-0.4, -0.2) is 4.92 Å². The largest absolute Gasteiger partial charge is 0.269 e. The van der Waals surface area contributed by atoms with Crippen molar-refractivity contribution in [3.05, 3.63) is 89.0 Å². The fraction of sp³-hybridized carbons (Fsp3) is 0. The van der Waals surface area contributed by atoms with E-state index in [9.17, 15) is 10.1 Å². The Morgan fingerprint density at radius 1 is 0.810 bits per heavy atom. The van der Waals surface area contributed by atoms with E-state index in [-0.39, 0.29) is 10.6 Å². The maximum Gasteiger partial charge on any atom is 0.269 e. The Bertz CT molecular complexity index is 765. The first-order valence-electron chi connectivity index (χ1n) is 6.56. The van der Waals surface area contributed by atoms with Crippen molar-refractivity contribution in [3.8, 4) is 22.3 Å². The van der Waals surface area contributed by atoms with Crippen molar-refractivity contribution in [2.75, 3.05) is 0 Å². The van der Waals surface area contributed by atoms with E-state index < -0.39 is 0 Å². The number of rotatable bonds is 3. The molecule has 0 unspecified atom stereocenters. The smallest absolute Gasteiger partial charge is 0.258 e. The Labute approximate surface area is 122 Å². The fourth-order valence-corrected chi connectivity index (χ4v) is 2.30. The molecule has 1 radical (unpaired) electrons. The van der Waals surface area contributed by atoms with Gasteiger partial charge in [0.1, 0.15) is 0 Å². The third-order valence-electron chi connectivity index (χ3n) is 3.34. The molecule has 0 N–H and O–H groups in total. The van der Waals surface area contributed by atoms with Crippen LogP contribution < -0.4 is 0 Å². The first kappa shape index (κ1) is 13.1. The quantitative estimate of drug-likeness (QED) is 0.512. The molecule has 3 heteroatoms. The summed E-state index contributed by atoms with van der Waals surface area (Å²) in [6, 6.07) is 25.5. The summed E-state index contributed by atoms with van der Waals surface area (Å²) < 4.78 is 0. The van der Waals surface area contributed by atoms with Crippen LogP contribution in [0.4, 0.5) is 5.69 Å². The highest BCUT2D eigenvalue weighted by molar-refractivity contribution is 5.83. The maximum absolute atomic E-state index is 10.7. The van der Waals surface area contributed by atoms with Gasteiger partial charge in [-0.1, -0.05) is 42.5 Å². The lowest BCUT2D eigenvalue weighted by molar-refractivity contribution is -0.384. The molecule has 0 spiro atoms. The molecule has 0 atom stereocenters. The van der Waals surface area contributed by atoms with Crippen molar-refractivity contribution in [1.29, 1.82) is 0 Å². The van der Waals surface area contributed by atoms with Gasteiger partial charge in [0.2, 0.25) is 0 Å². The van der Waals surface area contributed by atoms with E-state index in [2.05, 4.69) is 6.07 Å². The molecule has 0 amide bonds. The van der Waals surface area contributed by atoms with Crippen LogP contribution in [0.2, 0.25) is 0 Å². The summed E-state index contributed by atoms with van der Waals surface area (Å²) in [7, 11) is 0. The number of hydrogen-bond acceptors (Lipinski definition) is 2. The number of benzene rings is 3. The van der Waals surface area contributed by atoms with Gasteiger partial charge in [-0.2, -0.15) is 0 Å². The number of hydrogen-bond donors (Lipinski definition) is 0. The van der Waals surface area contributed by atoms with E-state index in [0.29, 0.717) is 0 Å². The van der Waals surface area contributed by atoms with Gasteiger partial charge >= 0.3 is 0 Å². The molecule has 0 bridgehead atoms. The number of nitro benzene ring substituents is 1. The Balaban J connectivity index is 2.09. The Morgan fingerprint density at radius 3 is 2.14 bits per heavy atom. The monoisotopic (exact) mass is 274 g/mol. The number of nitrogens with zero attached hydrogens (tertiary/aromatic N) is 1. The van der Waals surface area contributed by atoms with Crippen molar-refractivity contribution >= 4 is 5.69 Å². The zero-order valence-electron chi connectivity index (χ0n) is 11.2. The highest BCUT2D eigenvalue weighted by atomic mass is 16.6. The number of nitro groups is 1. The molecule has 0 saturated heterocycles. The van der Waals surface area contributed by atoms with Crippen molar-refractivity contribution in [2.45, 2.75) is 0 Å². The van der Waals surface area contributed by atoms with Gasteiger partial charge < -0.3 is 0 Å². The van der Waals surface area contributed by atoms with E-state index in [1.165, 1.54) is 12.1 Å². The fourth-order valence-electron chi connectivity index (χ4n) is 2.30. The predicted molar refractivity (Wildman–Crippen MR) is 82.8 cm³/mol. The van der Waals surface area contributed by atoms with Crippen LogP contribution in [0, 0.1) is 16.2 Å². The molecule has 3 aromatic rings. The molecule has 0 aliphatic rings. The van der Waals surface area contributed by atoms with Crippen molar-refractivity contribution in [3.63, 3.8) is 0 Å². The Morgan fingerprint density at radius 2 is 1.48 bits per heavy atom. The lowest BCUT2D eigenvalue weighted by atomic mass is 9.94. The zero-order chi connectivity index (χ0) is 14.7. The maximum atomic E-state index is 10.7. The Hall–Kier alpha value is -2.94. The van der Waals surface area contributed by atoms with Crippen LogP contribution >= 0.6 is 0 Å². The summed E-state index contributed by atoms with van der Waals surface area (Å²) in [5.41, 5.74) is 4.25. The molecule has 0 aliphatic heterocycles. The summed E-state index contributed by atoms with van der Waals surface area (Å²) >= 11 is 0. The topological polar surface area (TPSA) is 43.1 Å². The molecule has 0 fully saturated rings. The first-order chi connectivity index (χ1) is 10.3. The van der Waals surface area contributed by atoms with Gasteiger partial charge in [0.15, 0.2) is 0 Å². The molecular weight excluding hydrogens is 262 g/mol. The molecule has 0 saturated carbocycles. The van der Waals surface area contributed by atoms with E-state index >= 15 is 0 Å². The second-order valence-electron chi connectivity index (χ2n) is 4.64. The molecule has 101 valence electrons. The summed E-state index contributed by atoms with van der Waals surface area (Å²) in [5, 5.41) is 10.7. The van der Waals surface area contributed by atoms with Gasteiger partial charge in [-0.15, -0.1) is 0 Å². The predicted octanol–water partition coefficient (Wildman–Crippen LogP) is 4.73. The molecule has 0 aromatic heterocycles. The second kappa shape index (κ2) is 5.59. The van der Waals surface area contributed by atoms with Crippen LogP contribution in [-0.2, 0) is 0 Å². The SMILES string of the molecule is O=[N+]([O-])c1ccc(-c2c[c]ccc2-c2ccccc2)cc1.